The van der Waals surface area contributed by atoms with Crippen molar-refractivity contribution in [2.75, 3.05) is 7.11 Å². The van der Waals surface area contributed by atoms with Crippen molar-refractivity contribution in [1.82, 2.24) is 0 Å². The minimum Gasteiger partial charge on any atom is -0.481 e. The fourth-order valence-electron chi connectivity index (χ4n) is 3.61. The van der Waals surface area contributed by atoms with Crippen LogP contribution in [0.25, 0.3) is 0 Å². The van der Waals surface area contributed by atoms with Gasteiger partial charge in [0.05, 0.1) is 12.2 Å². The molecule has 28 heavy (non-hydrogen) atoms. The summed E-state index contributed by atoms with van der Waals surface area (Å²) in [6.45, 7) is 4.97. The molecule has 10 atom stereocenters. The third kappa shape index (κ3) is 4.28. The standard InChI is InChI=1S/C17H26O11/c1-6-7(2)26-17(9(14(20)21)12(6)25-5-18)28-13-10(15(22)23)16(24-4)27-8(3)11(13)19/h5-13,16-17,19H,1-4H3,(H,20,21)(H,22,23)/t6-,7?,8?,9?,10?,11-,12-,13+,16-,17+/m0/s1. The average molecular weight is 406 g/mol. The summed E-state index contributed by atoms with van der Waals surface area (Å²) in [7, 11) is 1.25. The molecule has 0 spiro atoms. The second kappa shape index (κ2) is 9.14. The van der Waals surface area contributed by atoms with Gasteiger partial charge in [0.15, 0.2) is 12.6 Å². The predicted molar refractivity (Wildman–Crippen MR) is 88.9 cm³/mol. The molecule has 2 fully saturated rings. The summed E-state index contributed by atoms with van der Waals surface area (Å²) in [6, 6.07) is 0. The quantitative estimate of drug-likeness (QED) is 0.466. The number of aliphatic carboxylic acids is 2. The van der Waals surface area contributed by atoms with Gasteiger partial charge < -0.3 is 39.0 Å². The molecule has 11 nitrogen and oxygen atoms in total. The number of methoxy groups -OCH3 is 1. The van der Waals surface area contributed by atoms with E-state index in [9.17, 15) is 29.7 Å². The highest BCUT2D eigenvalue weighted by Crippen LogP contribution is 2.37. The summed E-state index contributed by atoms with van der Waals surface area (Å²) in [5.41, 5.74) is 0. The topological polar surface area (TPSA) is 158 Å². The first-order valence-corrected chi connectivity index (χ1v) is 8.85. The van der Waals surface area contributed by atoms with Gasteiger partial charge >= 0.3 is 11.9 Å². The normalized spacial score (nSPS) is 43.9. The Morgan fingerprint density at radius 1 is 0.929 bits per heavy atom. The maximum atomic E-state index is 11.8. The average Bonchev–Trinajstić information content (AvgIpc) is 2.62. The van der Waals surface area contributed by atoms with E-state index in [1.807, 2.05) is 0 Å². The smallest absolute Gasteiger partial charge is 0.315 e. The third-order valence-electron chi connectivity index (χ3n) is 5.37. The zero-order valence-corrected chi connectivity index (χ0v) is 16.0. The minimum atomic E-state index is -1.46. The number of carbonyl (C=O) groups is 3. The van der Waals surface area contributed by atoms with Crippen molar-refractivity contribution in [3.05, 3.63) is 0 Å². The molecule has 0 saturated carbocycles. The number of hydrogen-bond acceptors (Lipinski definition) is 9. The minimum absolute atomic E-state index is 0.151. The van der Waals surface area contributed by atoms with Crippen LogP contribution < -0.4 is 0 Å². The third-order valence-corrected chi connectivity index (χ3v) is 5.37. The second-order valence-electron chi connectivity index (χ2n) is 7.03. The van der Waals surface area contributed by atoms with Crippen LogP contribution in [0.2, 0.25) is 0 Å². The van der Waals surface area contributed by atoms with E-state index in [4.69, 9.17) is 23.7 Å². The largest absolute Gasteiger partial charge is 0.481 e. The van der Waals surface area contributed by atoms with Gasteiger partial charge in [-0.2, -0.15) is 0 Å². The highest BCUT2D eigenvalue weighted by Gasteiger charge is 2.54. The molecule has 0 aromatic heterocycles. The molecule has 0 aromatic carbocycles. The SMILES string of the molecule is CO[C@H]1OC(C)[C@H](O)[C@H](O[C@H]2OC(C)[C@H](C)[C@H](OC=O)C2C(=O)O)C1C(=O)O. The van der Waals surface area contributed by atoms with Crippen LogP contribution in [0.5, 0.6) is 0 Å². The van der Waals surface area contributed by atoms with E-state index >= 15 is 0 Å². The van der Waals surface area contributed by atoms with Gasteiger partial charge in [-0.3, -0.25) is 14.4 Å². The first-order chi connectivity index (χ1) is 13.1. The maximum Gasteiger partial charge on any atom is 0.315 e. The molecule has 0 aromatic rings. The number of hydrogen-bond donors (Lipinski definition) is 3. The lowest BCUT2D eigenvalue weighted by atomic mass is 9.84. The zero-order valence-electron chi connectivity index (χ0n) is 16.0. The Bertz CT molecular complexity index is 581. The van der Waals surface area contributed by atoms with Gasteiger partial charge in [-0.1, -0.05) is 6.92 Å². The summed E-state index contributed by atoms with van der Waals surface area (Å²) in [4.78, 5) is 34.4. The van der Waals surface area contributed by atoms with Crippen molar-refractivity contribution in [1.29, 1.82) is 0 Å². The number of aliphatic hydroxyl groups is 1. The van der Waals surface area contributed by atoms with E-state index in [0.29, 0.717) is 0 Å². The molecule has 0 radical (unpaired) electrons. The van der Waals surface area contributed by atoms with Crippen LogP contribution in [0.15, 0.2) is 0 Å². The van der Waals surface area contributed by atoms with Crippen molar-refractivity contribution in [3.8, 4) is 0 Å². The Labute approximate surface area is 161 Å². The predicted octanol–water partition coefficient (Wildman–Crippen LogP) is -0.552. The highest BCUT2D eigenvalue weighted by atomic mass is 16.7. The van der Waals surface area contributed by atoms with Crippen molar-refractivity contribution in [3.63, 3.8) is 0 Å². The van der Waals surface area contributed by atoms with Crippen LogP contribution >= 0.6 is 0 Å². The molecular weight excluding hydrogens is 380 g/mol. The number of aliphatic hydroxyl groups excluding tert-OH is 1. The van der Waals surface area contributed by atoms with Gasteiger partial charge in [0, 0.05) is 13.0 Å². The van der Waals surface area contributed by atoms with Gasteiger partial charge in [0.25, 0.3) is 6.47 Å². The van der Waals surface area contributed by atoms with Crippen LogP contribution in [-0.2, 0) is 38.1 Å². The van der Waals surface area contributed by atoms with Gasteiger partial charge in [0.2, 0.25) is 0 Å². The number of ether oxygens (including phenoxy) is 5. The van der Waals surface area contributed by atoms with Crippen LogP contribution in [0.4, 0.5) is 0 Å². The molecule has 11 heteroatoms. The monoisotopic (exact) mass is 406 g/mol. The highest BCUT2D eigenvalue weighted by molar-refractivity contribution is 5.72. The molecule has 0 bridgehead atoms. The van der Waals surface area contributed by atoms with Crippen LogP contribution in [0, 0.1) is 17.8 Å². The summed E-state index contributed by atoms with van der Waals surface area (Å²) >= 11 is 0. The molecule has 2 aliphatic heterocycles. The molecule has 2 aliphatic rings. The summed E-state index contributed by atoms with van der Waals surface area (Å²) in [6.07, 6.45) is -7.89. The summed E-state index contributed by atoms with van der Waals surface area (Å²) in [5, 5.41) is 29.7. The molecule has 2 saturated heterocycles. The lowest BCUT2D eigenvalue weighted by Gasteiger charge is -2.46. The molecule has 0 amide bonds. The Kier molecular flexibility index (Phi) is 7.34. The fraction of sp³-hybridized carbons (Fsp3) is 0.824. The number of carboxylic acid groups (broad SMARTS) is 2. The van der Waals surface area contributed by atoms with Crippen molar-refractivity contribution >= 4 is 18.4 Å². The number of carboxylic acids is 2. The first kappa shape index (κ1) is 22.5. The van der Waals surface area contributed by atoms with Crippen LogP contribution in [-0.4, -0.2) is 83.9 Å². The zero-order chi connectivity index (χ0) is 21.2. The molecular formula is C17H26O11. The molecule has 2 rings (SSSR count). The molecule has 160 valence electrons. The second-order valence-corrected chi connectivity index (χ2v) is 7.03. The van der Waals surface area contributed by atoms with Crippen molar-refractivity contribution in [2.45, 2.75) is 63.9 Å². The summed E-state index contributed by atoms with van der Waals surface area (Å²) < 4.78 is 26.7. The van der Waals surface area contributed by atoms with Gasteiger partial charge in [-0.15, -0.1) is 0 Å². The van der Waals surface area contributed by atoms with E-state index in [0.717, 1.165) is 0 Å². The van der Waals surface area contributed by atoms with Gasteiger partial charge in [-0.05, 0) is 13.8 Å². The molecule has 4 unspecified atom stereocenters. The van der Waals surface area contributed by atoms with E-state index in [-0.39, 0.29) is 6.47 Å². The number of carbonyl (C=O) groups excluding carboxylic acids is 1. The van der Waals surface area contributed by atoms with Crippen molar-refractivity contribution < 1.29 is 53.4 Å². The van der Waals surface area contributed by atoms with Crippen LogP contribution in [0.3, 0.4) is 0 Å². The van der Waals surface area contributed by atoms with Crippen molar-refractivity contribution in [2.24, 2.45) is 17.8 Å². The maximum absolute atomic E-state index is 11.8. The lowest BCUT2D eigenvalue weighted by molar-refractivity contribution is -0.327. The van der Waals surface area contributed by atoms with E-state index in [2.05, 4.69) is 0 Å². The van der Waals surface area contributed by atoms with E-state index in [1.54, 1.807) is 13.8 Å². The van der Waals surface area contributed by atoms with Gasteiger partial charge in [-0.25, -0.2) is 0 Å². The molecule has 3 N–H and O–H groups in total. The Morgan fingerprint density at radius 2 is 1.46 bits per heavy atom. The Morgan fingerprint density at radius 3 is 1.96 bits per heavy atom. The lowest BCUT2D eigenvalue weighted by Crippen LogP contribution is -2.61. The molecule has 2 heterocycles. The Hall–Kier alpha value is -1.79. The summed E-state index contributed by atoms with van der Waals surface area (Å²) in [5.74, 6) is -6.01. The van der Waals surface area contributed by atoms with E-state index in [1.165, 1.54) is 14.0 Å². The van der Waals surface area contributed by atoms with Gasteiger partial charge in [0.1, 0.15) is 30.1 Å². The van der Waals surface area contributed by atoms with Crippen LogP contribution in [0.1, 0.15) is 20.8 Å². The Balaban J connectivity index is 2.35. The molecule has 0 aliphatic carbocycles. The first-order valence-electron chi connectivity index (χ1n) is 8.85. The number of rotatable bonds is 7. The fourth-order valence-corrected chi connectivity index (χ4v) is 3.61. The van der Waals surface area contributed by atoms with E-state index < -0.39 is 72.8 Å².